The van der Waals surface area contributed by atoms with Crippen molar-refractivity contribution in [3.63, 3.8) is 0 Å². The normalized spacial score (nSPS) is 15.0. The number of benzene rings is 4. The molecule has 1 amide bonds. The van der Waals surface area contributed by atoms with Gasteiger partial charge in [0.2, 0.25) is 0 Å². The maximum atomic E-state index is 13.5. The number of carbonyl (C=O) groups is 1. The Morgan fingerprint density at radius 2 is 1.63 bits per heavy atom. The predicted octanol–water partition coefficient (Wildman–Crippen LogP) is 5.23. The molecule has 35 heavy (non-hydrogen) atoms. The molecule has 0 bridgehead atoms. The molecule has 2 heterocycles. The molecule has 0 aliphatic carbocycles. The van der Waals surface area contributed by atoms with Crippen LogP contribution < -0.4 is 19.8 Å². The SMILES string of the molecule is O=C(COc1ccc2[nH]c3ccccc3c(=O)c2c1)N1c2ccccc2OC[C@@H]1c1ccccc1. The number of amides is 1. The maximum Gasteiger partial charge on any atom is 0.265 e. The number of hydrogen-bond acceptors (Lipinski definition) is 4. The summed E-state index contributed by atoms with van der Waals surface area (Å²) in [5.74, 6) is 0.934. The van der Waals surface area contributed by atoms with Gasteiger partial charge in [-0.2, -0.15) is 0 Å². The minimum Gasteiger partial charge on any atom is -0.489 e. The molecule has 5 aromatic rings. The summed E-state index contributed by atoms with van der Waals surface area (Å²) in [6.07, 6.45) is 0. The molecule has 0 fully saturated rings. The van der Waals surface area contributed by atoms with Crippen molar-refractivity contribution < 1.29 is 14.3 Å². The Kier molecular flexibility index (Phi) is 5.19. The van der Waals surface area contributed by atoms with E-state index in [9.17, 15) is 9.59 Å². The summed E-state index contributed by atoms with van der Waals surface area (Å²) in [6, 6.07) is 29.7. The molecular weight excluding hydrogens is 440 g/mol. The molecular formula is C29H22N2O4. The minimum atomic E-state index is -0.270. The number of H-pyrrole nitrogens is 1. The Balaban J connectivity index is 1.30. The molecule has 0 saturated heterocycles. The molecule has 172 valence electrons. The van der Waals surface area contributed by atoms with E-state index in [0.717, 1.165) is 16.6 Å². The van der Waals surface area contributed by atoms with Crippen molar-refractivity contribution >= 4 is 33.4 Å². The van der Waals surface area contributed by atoms with Gasteiger partial charge in [0.25, 0.3) is 5.91 Å². The van der Waals surface area contributed by atoms with Crippen LogP contribution in [0.15, 0.2) is 102 Å². The summed E-state index contributed by atoms with van der Waals surface area (Å²) < 4.78 is 11.9. The average molecular weight is 463 g/mol. The van der Waals surface area contributed by atoms with Crippen molar-refractivity contribution in [2.45, 2.75) is 6.04 Å². The van der Waals surface area contributed by atoms with E-state index in [1.807, 2.05) is 72.8 Å². The van der Waals surface area contributed by atoms with Gasteiger partial charge in [0.05, 0.1) is 17.2 Å². The van der Waals surface area contributed by atoms with Crippen LogP contribution in [0.3, 0.4) is 0 Å². The van der Waals surface area contributed by atoms with Gasteiger partial charge in [-0.05, 0) is 48.0 Å². The van der Waals surface area contributed by atoms with Gasteiger partial charge in [-0.1, -0.05) is 54.6 Å². The fourth-order valence-corrected chi connectivity index (χ4v) is 4.62. The topological polar surface area (TPSA) is 71.6 Å². The van der Waals surface area contributed by atoms with Crippen molar-refractivity contribution in [3.8, 4) is 11.5 Å². The van der Waals surface area contributed by atoms with E-state index in [2.05, 4.69) is 4.98 Å². The predicted molar refractivity (Wildman–Crippen MR) is 136 cm³/mol. The largest absolute Gasteiger partial charge is 0.489 e. The Labute approximate surface area is 201 Å². The lowest BCUT2D eigenvalue weighted by Crippen LogP contribution is -2.43. The van der Waals surface area contributed by atoms with Crippen molar-refractivity contribution in [2.75, 3.05) is 18.1 Å². The Bertz CT molecular complexity index is 1610. The second-order valence-electron chi connectivity index (χ2n) is 8.46. The van der Waals surface area contributed by atoms with Crippen LogP contribution in [0.5, 0.6) is 11.5 Å². The molecule has 6 rings (SSSR count). The molecule has 1 aliphatic heterocycles. The van der Waals surface area contributed by atoms with Crippen LogP contribution in [-0.4, -0.2) is 24.1 Å². The van der Waals surface area contributed by atoms with E-state index in [0.29, 0.717) is 34.6 Å². The molecule has 0 unspecified atom stereocenters. The lowest BCUT2D eigenvalue weighted by molar-refractivity contribution is -0.121. The fourth-order valence-electron chi connectivity index (χ4n) is 4.62. The van der Waals surface area contributed by atoms with Gasteiger partial charge >= 0.3 is 0 Å². The van der Waals surface area contributed by atoms with E-state index in [1.54, 1.807) is 29.2 Å². The van der Waals surface area contributed by atoms with Crippen LogP contribution in [-0.2, 0) is 4.79 Å². The summed E-state index contributed by atoms with van der Waals surface area (Å²) in [4.78, 5) is 31.5. The molecule has 1 atom stereocenters. The number of pyridine rings is 1. The standard InChI is InChI=1S/C29H22N2O4/c32-28(31-25-12-6-7-13-27(25)35-17-26(31)19-8-2-1-3-9-19)18-34-20-14-15-24-22(16-20)29(33)21-10-4-5-11-23(21)30-24/h1-16,26H,17-18H2,(H,30,33)/t26-/m1/s1. The average Bonchev–Trinajstić information content (AvgIpc) is 2.92. The molecule has 0 spiro atoms. The van der Waals surface area contributed by atoms with Crippen molar-refractivity contribution in [1.82, 2.24) is 4.98 Å². The monoisotopic (exact) mass is 462 g/mol. The number of carbonyl (C=O) groups excluding carboxylic acids is 1. The van der Waals surface area contributed by atoms with E-state index < -0.39 is 0 Å². The zero-order valence-corrected chi connectivity index (χ0v) is 18.8. The first-order chi connectivity index (χ1) is 17.2. The summed E-state index contributed by atoms with van der Waals surface area (Å²) in [5, 5.41) is 1.14. The van der Waals surface area contributed by atoms with Gasteiger partial charge in [-0.25, -0.2) is 0 Å². The fraction of sp³-hybridized carbons (Fsp3) is 0.103. The van der Waals surface area contributed by atoms with E-state index in [4.69, 9.17) is 9.47 Å². The minimum absolute atomic E-state index is 0.0719. The number of hydrogen-bond donors (Lipinski definition) is 1. The van der Waals surface area contributed by atoms with Crippen molar-refractivity contribution in [2.24, 2.45) is 0 Å². The number of anilines is 1. The number of aromatic amines is 1. The maximum absolute atomic E-state index is 13.5. The zero-order chi connectivity index (χ0) is 23.8. The zero-order valence-electron chi connectivity index (χ0n) is 18.8. The van der Waals surface area contributed by atoms with Crippen LogP contribution >= 0.6 is 0 Å². The summed E-state index contributed by atoms with van der Waals surface area (Å²) in [7, 11) is 0. The number of rotatable bonds is 4. The van der Waals surface area contributed by atoms with Crippen molar-refractivity contribution in [3.05, 3.63) is 113 Å². The highest BCUT2D eigenvalue weighted by molar-refractivity contribution is 5.97. The smallest absolute Gasteiger partial charge is 0.265 e. The first-order valence-corrected chi connectivity index (χ1v) is 11.5. The van der Waals surface area contributed by atoms with Crippen LogP contribution in [0.2, 0.25) is 0 Å². The Morgan fingerprint density at radius 3 is 2.51 bits per heavy atom. The second kappa shape index (κ2) is 8.65. The summed E-state index contributed by atoms with van der Waals surface area (Å²) >= 11 is 0. The lowest BCUT2D eigenvalue weighted by Gasteiger charge is -2.37. The number of aromatic nitrogens is 1. The molecule has 0 radical (unpaired) electrons. The third kappa shape index (κ3) is 3.79. The Morgan fingerprint density at radius 1 is 0.886 bits per heavy atom. The molecule has 4 aromatic carbocycles. The first-order valence-electron chi connectivity index (χ1n) is 11.5. The quantitative estimate of drug-likeness (QED) is 0.372. The highest BCUT2D eigenvalue weighted by Crippen LogP contribution is 2.39. The van der Waals surface area contributed by atoms with Crippen LogP contribution in [0.1, 0.15) is 11.6 Å². The molecule has 0 saturated carbocycles. The number of nitrogens with zero attached hydrogens (tertiary/aromatic N) is 1. The van der Waals surface area contributed by atoms with Crippen LogP contribution in [0.25, 0.3) is 21.8 Å². The molecule has 6 heteroatoms. The number of fused-ring (bicyclic) bond motifs is 3. The summed E-state index contributed by atoms with van der Waals surface area (Å²) in [5.41, 5.74) is 3.13. The van der Waals surface area contributed by atoms with Gasteiger partial charge < -0.3 is 14.5 Å². The highest BCUT2D eigenvalue weighted by atomic mass is 16.5. The van der Waals surface area contributed by atoms with Gasteiger partial charge in [0.15, 0.2) is 12.0 Å². The molecule has 1 aliphatic rings. The van der Waals surface area contributed by atoms with Gasteiger partial charge in [0, 0.05) is 16.3 Å². The molecule has 1 aromatic heterocycles. The Hall–Kier alpha value is -4.58. The lowest BCUT2D eigenvalue weighted by atomic mass is 10.0. The molecule has 1 N–H and O–H groups in total. The van der Waals surface area contributed by atoms with Gasteiger partial charge in [-0.3, -0.25) is 14.5 Å². The van der Waals surface area contributed by atoms with E-state index in [-0.39, 0.29) is 24.0 Å². The second-order valence-corrected chi connectivity index (χ2v) is 8.46. The third-order valence-corrected chi connectivity index (χ3v) is 6.33. The first kappa shape index (κ1) is 21.0. The van der Waals surface area contributed by atoms with Gasteiger partial charge in [-0.15, -0.1) is 0 Å². The van der Waals surface area contributed by atoms with Gasteiger partial charge in [0.1, 0.15) is 18.1 Å². The summed E-state index contributed by atoms with van der Waals surface area (Å²) in [6.45, 7) is 0.180. The number of ether oxygens (including phenoxy) is 2. The number of nitrogens with one attached hydrogen (secondary N) is 1. The third-order valence-electron chi connectivity index (χ3n) is 6.33. The van der Waals surface area contributed by atoms with Crippen molar-refractivity contribution in [1.29, 1.82) is 0 Å². The van der Waals surface area contributed by atoms with Crippen LogP contribution in [0, 0.1) is 0 Å². The van der Waals surface area contributed by atoms with E-state index >= 15 is 0 Å². The van der Waals surface area contributed by atoms with Crippen LogP contribution in [0.4, 0.5) is 5.69 Å². The van der Waals surface area contributed by atoms with E-state index in [1.165, 1.54) is 0 Å². The number of para-hydroxylation sites is 3. The molecule has 6 nitrogen and oxygen atoms in total. The highest BCUT2D eigenvalue weighted by Gasteiger charge is 2.33.